The van der Waals surface area contributed by atoms with Crippen molar-refractivity contribution in [3.05, 3.63) is 29.3 Å². The average Bonchev–Trinajstić information content (AvgIpc) is 2.97. The van der Waals surface area contributed by atoms with Gasteiger partial charge in [0.2, 0.25) is 0 Å². The highest BCUT2D eigenvalue weighted by Crippen LogP contribution is 2.21. The minimum absolute atomic E-state index is 0.303. The third-order valence-electron chi connectivity index (χ3n) is 4.87. The second-order valence-corrected chi connectivity index (χ2v) is 7.22. The Hall–Kier alpha value is -0.810. The van der Waals surface area contributed by atoms with Crippen LogP contribution in [0.5, 0.6) is 5.75 Å². The topological polar surface area (TPSA) is 19.0 Å². The minimum Gasteiger partial charge on any atom is -0.489 e. The number of likely N-dealkylation sites (tertiary alicyclic amines) is 1. The summed E-state index contributed by atoms with van der Waals surface area (Å²) in [5, 5.41) is 0.740. The highest BCUT2D eigenvalue weighted by atomic mass is 35.5. The van der Waals surface area contributed by atoms with Crippen LogP contribution >= 0.6 is 11.6 Å². The van der Waals surface area contributed by atoms with Crippen LogP contribution in [0.25, 0.3) is 0 Å². The molecule has 0 N–H and O–H groups in total. The van der Waals surface area contributed by atoms with Gasteiger partial charge in [0.1, 0.15) is 11.9 Å². The predicted molar refractivity (Wildman–Crippen MR) is 95.5 cm³/mol. The number of likely N-dealkylation sites (N-methyl/N-ethyl adjacent to an activating group) is 1. The van der Waals surface area contributed by atoms with Crippen LogP contribution in [0.1, 0.15) is 12.8 Å². The third kappa shape index (κ3) is 5.35. The van der Waals surface area contributed by atoms with Gasteiger partial charge in [-0.2, -0.15) is 0 Å². The fraction of sp³-hybridized carbons (Fsp3) is 0.667. The molecule has 1 aromatic carbocycles. The van der Waals surface area contributed by atoms with E-state index in [1.165, 1.54) is 45.7 Å². The van der Waals surface area contributed by atoms with Crippen LogP contribution in [0.2, 0.25) is 5.02 Å². The van der Waals surface area contributed by atoms with Crippen LogP contribution in [0.3, 0.4) is 0 Å². The molecule has 2 aliphatic rings. The SMILES string of the molecule is CN1CCN(CCCN2CC[C@H](Oc3cccc(Cl)c3)C2)CC1. The summed E-state index contributed by atoms with van der Waals surface area (Å²) in [6, 6.07) is 7.72. The van der Waals surface area contributed by atoms with Crippen molar-refractivity contribution < 1.29 is 4.74 Å². The number of halogens is 1. The molecule has 0 saturated carbocycles. The largest absolute Gasteiger partial charge is 0.489 e. The van der Waals surface area contributed by atoms with Crippen LogP contribution in [0.15, 0.2) is 24.3 Å². The molecule has 0 amide bonds. The summed E-state index contributed by atoms with van der Waals surface area (Å²) in [7, 11) is 2.21. The number of hydrogen-bond acceptors (Lipinski definition) is 4. The van der Waals surface area contributed by atoms with Crippen LogP contribution in [-0.2, 0) is 0 Å². The smallest absolute Gasteiger partial charge is 0.121 e. The quantitative estimate of drug-likeness (QED) is 0.793. The van der Waals surface area contributed by atoms with E-state index in [0.29, 0.717) is 6.10 Å². The van der Waals surface area contributed by atoms with Gasteiger partial charge in [-0.15, -0.1) is 0 Å². The van der Waals surface area contributed by atoms with E-state index in [2.05, 4.69) is 21.7 Å². The normalized spacial score (nSPS) is 24.2. The molecule has 5 heteroatoms. The maximum atomic E-state index is 6.05. The standard InChI is InChI=1S/C18H28ClN3O/c1-20-10-12-21(13-11-20)7-3-8-22-9-6-18(15-22)23-17-5-2-4-16(19)14-17/h2,4-5,14,18H,3,6-13,15H2,1H3/t18-/m0/s1. The van der Waals surface area contributed by atoms with Gasteiger partial charge in [-0.05, 0) is 51.2 Å². The molecule has 2 aliphatic heterocycles. The number of piperazine rings is 1. The summed E-state index contributed by atoms with van der Waals surface area (Å²) in [5.74, 6) is 0.891. The first-order valence-electron chi connectivity index (χ1n) is 8.74. The van der Waals surface area contributed by atoms with E-state index >= 15 is 0 Å². The summed E-state index contributed by atoms with van der Waals surface area (Å²) in [4.78, 5) is 7.54. The summed E-state index contributed by atoms with van der Waals surface area (Å²) in [5.41, 5.74) is 0. The fourth-order valence-electron chi connectivity index (χ4n) is 3.42. The van der Waals surface area contributed by atoms with E-state index in [1.807, 2.05) is 24.3 Å². The molecule has 0 spiro atoms. The molecule has 0 unspecified atom stereocenters. The second-order valence-electron chi connectivity index (χ2n) is 6.78. The number of nitrogens with zero attached hydrogens (tertiary/aromatic N) is 3. The molecule has 2 fully saturated rings. The summed E-state index contributed by atoms with van der Waals surface area (Å²) < 4.78 is 6.05. The lowest BCUT2D eigenvalue weighted by molar-refractivity contribution is 0.146. The van der Waals surface area contributed by atoms with Crippen molar-refractivity contribution in [1.82, 2.24) is 14.7 Å². The molecule has 2 saturated heterocycles. The van der Waals surface area contributed by atoms with Gasteiger partial charge in [0.15, 0.2) is 0 Å². The van der Waals surface area contributed by atoms with E-state index in [0.717, 1.165) is 30.3 Å². The van der Waals surface area contributed by atoms with E-state index in [9.17, 15) is 0 Å². The van der Waals surface area contributed by atoms with Crippen molar-refractivity contribution in [1.29, 1.82) is 0 Å². The predicted octanol–water partition coefficient (Wildman–Crippen LogP) is 2.43. The number of hydrogen-bond donors (Lipinski definition) is 0. The lowest BCUT2D eigenvalue weighted by atomic mass is 10.3. The zero-order valence-corrected chi connectivity index (χ0v) is 14.8. The molecular weight excluding hydrogens is 310 g/mol. The Balaban J connectivity index is 1.33. The maximum Gasteiger partial charge on any atom is 0.121 e. The van der Waals surface area contributed by atoms with E-state index in [-0.39, 0.29) is 0 Å². The van der Waals surface area contributed by atoms with Gasteiger partial charge in [-0.3, -0.25) is 4.90 Å². The highest BCUT2D eigenvalue weighted by molar-refractivity contribution is 6.30. The van der Waals surface area contributed by atoms with E-state index in [1.54, 1.807) is 0 Å². The molecule has 4 nitrogen and oxygen atoms in total. The molecule has 128 valence electrons. The van der Waals surface area contributed by atoms with Crippen LogP contribution < -0.4 is 4.74 Å². The number of benzene rings is 1. The van der Waals surface area contributed by atoms with Crippen molar-refractivity contribution in [2.45, 2.75) is 18.9 Å². The zero-order valence-electron chi connectivity index (χ0n) is 14.1. The lowest BCUT2D eigenvalue weighted by Crippen LogP contribution is -2.45. The Morgan fingerprint density at radius 1 is 1.09 bits per heavy atom. The molecule has 0 radical (unpaired) electrons. The first kappa shape index (κ1) is 17.0. The molecule has 23 heavy (non-hydrogen) atoms. The van der Waals surface area contributed by atoms with Crippen LogP contribution in [0, 0.1) is 0 Å². The van der Waals surface area contributed by atoms with Gasteiger partial charge in [0, 0.05) is 44.3 Å². The van der Waals surface area contributed by atoms with Crippen molar-refractivity contribution in [2.75, 3.05) is 59.4 Å². The number of rotatable bonds is 6. The molecule has 0 bridgehead atoms. The third-order valence-corrected chi connectivity index (χ3v) is 5.11. The Morgan fingerprint density at radius 3 is 2.65 bits per heavy atom. The minimum atomic E-state index is 0.303. The van der Waals surface area contributed by atoms with Crippen LogP contribution in [0.4, 0.5) is 0 Å². The van der Waals surface area contributed by atoms with Crippen molar-refractivity contribution >= 4 is 11.6 Å². The molecular formula is C18H28ClN3O. The summed E-state index contributed by atoms with van der Waals surface area (Å²) in [6.07, 6.45) is 2.67. The molecule has 1 aromatic rings. The number of ether oxygens (including phenoxy) is 1. The van der Waals surface area contributed by atoms with Gasteiger partial charge in [-0.1, -0.05) is 17.7 Å². The molecule has 2 heterocycles. The maximum absolute atomic E-state index is 6.05. The molecule has 0 aliphatic carbocycles. The van der Waals surface area contributed by atoms with Crippen LogP contribution in [-0.4, -0.2) is 80.2 Å². The molecule has 0 aromatic heterocycles. The Labute approximate surface area is 144 Å². The monoisotopic (exact) mass is 337 g/mol. The Morgan fingerprint density at radius 2 is 1.87 bits per heavy atom. The van der Waals surface area contributed by atoms with Gasteiger partial charge >= 0.3 is 0 Å². The van der Waals surface area contributed by atoms with Gasteiger partial charge in [0.05, 0.1) is 0 Å². The van der Waals surface area contributed by atoms with Gasteiger partial charge in [-0.25, -0.2) is 0 Å². The van der Waals surface area contributed by atoms with Crippen molar-refractivity contribution in [3.63, 3.8) is 0 Å². The second kappa shape index (κ2) is 8.34. The summed E-state index contributed by atoms with van der Waals surface area (Å²) in [6.45, 7) is 9.45. The van der Waals surface area contributed by atoms with E-state index in [4.69, 9.17) is 16.3 Å². The molecule has 1 atom stereocenters. The highest BCUT2D eigenvalue weighted by Gasteiger charge is 2.24. The van der Waals surface area contributed by atoms with Crippen molar-refractivity contribution in [2.24, 2.45) is 0 Å². The van der Waals surface area contributed by atoms with Crippen molar-refractivity contribution in [3.8, 4) is 5.75 Å². The van der Waals surface area contributed by atoms with Gasteiger partial charge < -0.3 is 14.5 Å². The van der Waals surface area contributed by atoms with E-state index < -0.39 is 0 Å². The average molecular weight is 338 g/mol. The zero-order chi connectivity index (χ0) is 16.1. The molecule has 3 rings (SSSR count). The van der Waals surface area contributed by atoms with Gasteiger partial charge in [0.25, 0.3) is 0 Å². The fourth-order valence-corrected chi connectivity index (χ4v) is 3.60. The lowest BCUT2D eigenvalue weighted by Gasteiger charge is -2.32. The first-order chi connectivity index (χ1) is 11.2. The summed E-state index contributed by atoms with van der Waals surface area (Å²) >= 11 is 6.01. The Kier molecular flexibility index (Phi) is 6.17. The Bertz CT molecular complexity index is 491. The first-order valence-corrected chi connectivity index (χ1v) is 9.12.